The number of pyridine rings is 3. The van der Waals surface area contributed by atoms with Gasteiger partial charge in [-0.2, -0.15) is 0 Å². The Morgan fingerprint density at radius 2 is 0.636 bits per heavy atom. The number of hydrogen-bond donors (Lipinski definition) is 0. The molecule has 4 aromatic carbocycles. The van der Waals surface area contributed by atoms with Gasteiger partial charge in [-0.1, -0.05) is 91.0 Å². The van der Waals surface area contributed by atoms with Crippen LogP contribution in [0.25, 0.3) is 66.8 Å². The Hall–Kier alpha value is -5.67. The van der Waals surface area contributed by atoms with Gasteiger partial charge in [0.2, 0.25) is 0 Å². The molecule has 7 aromatic rings. The highest BCUT2D eigenvalue weighted by Gasteiger charge is 2.10. The Labute approximate surface area is 258 Å². The first kappa shape index (κ1) is 27.2. The topological polar surface area (TPSA) is 38.7 Å². The summed E-state index contributed by atoms with van der Waals surface area (Å²) in [7, 11) is 0. The second kappa shape index (κ2) is 11.9. The Morgan fingerprint density at radius 3 is 0.932 bits per heavy atom. The Kier molecular flexibility index (Phi) is 7.35. The van der Waals surface area contributed by atoms with Crippen LogP contribution >= 0.6 is 0 Å². The third-order valence-corrected chi connectivity index (χ3v) is 8.07. The summed E-state index contributed by atoms with van der Waals surface area (Å²) < 4.78 is 0. The monoisotopic (exact) mass is 565 g/mol. The van der Waals surface area contributed by atoms with Crippen molar-refractivity contribution in [2.75, 3.05) is 0 Å². The smallest absolute Gasteiger partial charge is 0.0373 e. The van der Waals surface area contributed by atoms with Crippen LogP contribution in [0.4, 0.5) is 0 Å². The third-order valence-electron chi connectivity index (χ3n) is 8.07. The quantitative estimate of drug-likeness (QED) is 0.201. The van der Waals surface area contributed by atoms with E-state index in [0.717, 1.165) is 44.8 Å². The molecule has 0 N–H and O–H groups in total. The maximum Gasteiger partial charge on any atom is 0.0373 e. The molecule has 3 heteroatoms. The Balaban J connectivity index is 1.27. The molecule has 0 radical (unpaired) electrons. The van der Waals surface area contributed by atoms with Crippen molar-refractivity contribution in [1.82, 2.24) is 15.0 Å². The highest BCUT2D eigenvalue weighted by molar-refractivity contribution is 5.83. The number of aromatic nitrogens is 3. The highest BCUT2D eigenvalue weighted by Crippen LogP contribution is 2.35. The first-order valence-corrected chi connectivity index (χ1v) is 14.8. The van der Waals surface area contributed by atoms with E-state index >= 15 is 0 Å². The fourth-order valence-corrected chi connectivity index (χ4v) is 5.50. The van der Waals surface area contributed by atoms with E-state index in [9.17, 15) is 0 Å². The molecule has 0 aliphatic carbocycles. The van der Waals surface area contributed by atoms with Gasteiger partial charge in [0.25, 0.3) is 0 Å². The van der Waals surface area contributed by atoms with E-state index < -0.39 is 0 Å². The van der Waals surface area contributed by atoms with Crippen LogP contribution in [0.5, 0.6) is 0 Å². The maximum absolute atomic E-state index is 4.47. The normalized spacial score (nSPS) is 11.0. The van der Waals surface area contributed by atoms with Crippen LogP contribution in [-0.2, 0) is 0 Å². The largest absolute Gasteiger partial charge is 0.264 e. The van der Waals surface area contributed by atoms with Gasteiger partial charge >= 0.3 is 0 Å². The summed E-state index contributed by atoms with van der Waals surface area (Å²) in [5.41, 5.74) is 15.9. The molecule has 7 rings (SSSR count). The van der Waals surface area contributed by atoms with Gasteiger partial charge in [-0.05, 0) is 106 Å². The maximum atomic E-state index is 4.47. The summed E-state index contributed by atoms with van der Waals surface area (Å²) in [6.07, 6.45) is 7.59. The zero-order valence-corrected chi connectivity index (χ0v) is 24.8. The van der Waals surface area contributed by atoms with Gasteiger partial charge in [0.1, 0.15) is 0 Å². The van der Waals surface area contributed by atoms with Crippen LogP contribution in [0, 0.1) is 13.8 Å². The van der Waals surface area contributed by atoms with Gasteiger partial charge in [0, 0.05) is 47.3 Å². The van der Waals surface area contributed by atoms with Gasteiger partial charge in [-0.15, -0.1) is 0 Å². The van der Waals surface area contributed by atoms with E-state index in [4.69, 9.17) is 0 Å². The molecule has 0 fully saturated rings. The number of aryl methyl sites for hydroxylation is 2. The van der Waals surface area contributed by atoms with E-state index in [2.05, 4.69) is 136 Å². The number of rotatable bonds is 6. The molecule has 0 atom stereocenters. The lowest BCUT2D eigenvalue weighted by Gasteiger charge is -2.13. The molecular formula is C41H31N3. The van der Waals surface area contributed by atoms with Crippen molar-refractivity contribution in [2.24, 2.45) is 0 Å². The summed E-state index contributed by atoms with van der Waals surface area (Å²) in [6.45, 7) is 4.02. The molecule has 0 amide bonds. The summed E-state index contributed by atoms with van der Waals surface area (Å²) in [5.74, 6) is 0. The third kappa shape index (κ3) is 5.81. The second-order valence-electron chi connectivity index (χ2n) is 11.1. The number of benzene rings is 4. The Bertz CT molecular complexity index is 1900. The van der Waals surface area contributed by atoms with Crippen LogP contribution in [0.1, 0.15) is 11.4 Å². The first-order valence-electron chi connectivity index (χ1n) is 14.8. The lowest BCUT2D eigenvalue weighted by atomic mass is 9.91. The Morgan fingerprint density at radius 1 is 0.318 bits per heavy atom. The standard InChI is InChI=1S/C41H31N3/c1-28-5-7-37(26-43-28)31-11-17-34(18-12-31)40-22-39(33-15-9-30(10-16-33)36-4-3-21-42-25-36)23-41(24-40)35-19-13-32(14-20-35)38-8-6-29(2)44-27-38/h3-27H,1-2H3. The van der Waals surface area contributed by atoms with E-state index in [0.29, 0.717) is 0 Å². The molecular weight excluding hydrogens is 534 g/mol. The van der Waals surface area contributed by atoms with Crippen molar-refractivity contribution in [3.8, 4) is 66.8 Å². The molecule has 0 saturated heterocycles. The molecule has 44 heavy (non-hydrogen) atoms. The van der Waals surface area contributed by atoms with Gasteiger partial charge in [-0.25, -0.2) is 0 Å². The summed E-state index contributed by atoms with van der Waals surface area (Å²) in [4.78, 5) is 13.2. The average molecular weight is 566 g/mol. The van der Waals surface area contributed by atoms with E-state index in [1.807, 2.05) is 38.5 Å². The van der Waals surface area contributed by atoms with Crippen LogP contribution in [0.2, 0.25) is 0 Å². The molecule has 3 nitrogen and oxygen atoms in total. The molecule has 0 spiro atoms. The first-order chi connectivity index (χ1) is 21.6. The van der Waals surface area contributed by atoms with Crippen molar-refractivity contribution in [2.45, 2.75) is 13.8 Å². The molecule has 0 saturated carbocycles. The zero-order valence-electron chi connectivity index (χ0n) is 24.8. The van der Waals surface area contributed by atoms with Crippen molar-refractivity contribution in [1.29, 1.82) is 0 Å². The SMILES string of the molecule is Cc1ccc(-c2ccc(-c3cc(-c4ccc(-c5cccnc5)cc4)cc(-c4ccc(-c5ccc(C)nc5)cc4)c3)cc2)cn1. The van der Waals surface area contributed by atoms with E-state index in [1.54, 1.807) is 6.20 Å². The van der Waals surface area contributed by atoms with Gasteiger partial charge in [0.05, 0.1) is 0 Å². The molecule has 0 aliphatic heterocycles. The van der Waals surface area contributed by atoms with E-state index in [-0.39, 0.29) is 0 Å². The van der Waals surface area contributed by atoms with Crippen molar-refractivity contribution in [3.63, 3.8) is 0 Å². The van der Waals surface area contributed by atoms with Crippen LogP contribution in [0.15, 0.2) is 152 Å². The second-order valence-corrected chi connectivity index (χ2v) is 11.1. The van der Waals surface area contributed by atoms with Crippen LogP contribution < -0.4 is 0 Å². The van der Waals surface area contributed by atoms with E-state index in [1.165, 1.54) is 33.4 Å². The molecule has 3 heterocycles. The lowest BCUT2D eigenvalue weighted by Crippen LogP contribution is -1.88. The fraction of sp³-hybridized carbons (Fsp3) is 0.0488. The van der Waals surface area contributed by atoms with Crippen molar-refractivity contribution in [3.05, 3.63) is 164 Å². The number of hydrogen-bond acceptors (Lipinski definition) is 3. The van der Waals surface area contributed by atoms with Crippen molar-refractivity contribution < 1.29 is 0 Å². The molecule has 210 valence electrons. The van der Waals surface area contributed by atoms with Crippen molar-refractivity contribution >= 4 is 0 Å². The van der Waals surface area contributed by atoms with Gasteiger partial charge < -0.3 is 0 Å². The van der Waals surface area contributed by atoms with Crippen LogP contribution in [0.3, 0.4) is 0 Å². The summed E-state index contributed by atoms with van der Waals surface area (Å²) in [6, 6.07) is 45.6. The summed E-state index contributed by atoms with van der Waals surface area (Å²) in [5, 5.41) is 0. The zero-order chi connectivity index (χ0) is 29.9. The molecule has 0 bridgehead atoms. The predicted octanol–water partition coefficient (Wildman–Crippen LogP) is 10.5. The summed E-state index contributed by atoms with van der Waals surface area (Å²) >= 11 is 0. The van der Waals surface area contributed by atoms with Gasteiger partial charge in [0.15, 0.2) is 0 Å². The minimum Gasteiger partial charge on any atom is -0.264 e. The highest BCUT2D eigenvalue weighted by atomic mass is 14.7. The lowest BCUT2D eigenvalue weighted by molar-refractivity contribution is 1.20. The molecule has 0 unspecified atom stereocenters. The molecule has 0 aliphatic rings. The average Bonchev–Trinajstić information content (AvgIpc) is 3.09. The minimum atomic E-state index is 1.02. The van der Waals surface area contributed by atoms with Gasteiger partial charge in [-0.3, -0.25) is 15.0 Å². The minimum absolute atomic E-state index is 1.02. The predicted molar refractivity (Wildman–Crippen MR) is 182 cm³/mol. The fourth-order valence-electron chi connectivity index (χ4n) is 5.50. The molecule has 3 aromatic heterocycles. The van der Waals surface area contributed by atoms with Crippen LogP contribution in [-0.4, -0.2) is 15.0 Å². The number of nitrogens with zero attached hydrogens (tertiary/aromatic N) is 3.